The van der Waals surface area contributed by atoms with Crippen molar-refractivity contribution in [1.29, 1.82) is 0 Å². The van der Waals surface area contributed by atoms with E-state index in [1.165, 1.54) is 4.31 Å². The minimum Gasteiger partial charge on any atom is -0.305 e. The number of nitrogens with zero attached hydrogens (tertiary/aromatic N) is 1. The molecule has 124 valence electrons. The van der Waals surface area contributed by atoms with E-state index in [1.54, 1.807) is 0 Å². The minimum atomic E-state index is -4.27. The predicted molar refractivity (Wildman–Crippen MR) is 72.9 cm³/mol. The lowest BCUT2D eigenvalue weighted by Crippen LogP contribution is -2.56. The number of piperidine rings is 2. The summed E-state index contributed by atoms with van der Waals surface area (Å²) in [6.45, 7) is 2.95. The van der Waals surface area contributed by atoms with Crippen molar-refractivity contribution in [3.05, 3.63) is 0 Å². The standard InChI is InChI=1S/C12H22F3N3O2S/c1-9-3-2-6-18(8-9)21(19,20)17-10-4-5-11(16-7-10)12(13,14)15/h9-11,16-17H,2-8H2,1H3. The molecule has 3 atom stereocenters. The third kappa shape index (κ3) is 4.54. The largest absolute Gasteiger partial charge is 0.403 e. The molecule has 0 radical (unpaired) electrons. The summed E-state index contributed by atoms with van der Waals surface area (Å²) in [7, 11) is -3.61. The van der Waals surface area contributed by atoms with Gasteiger partial charge in [-0.2, -0.15) is 30.6 Å². The molecule has 2 rings (SSSR count). The van der Waals surface area contributed by atoms with Gasteiger partial charge >= 0.3 is 6.18 Å². The first-order chi connectivity index (χ1) is 9.68. The van der Waals surface area contributed by atoms with Crippen LogP contribution in [0.5, 0.6) is 0 Å². The molecule has 3 unspecified atom stereocenters. The van der Waals surface area contributed by atoms with Gasteiger partial charge in [-0.05, 0) is 31.6 Å². The molecule has 0 bridgehead atoms. The molecule has 9 heteroatoms. The molecule has 5 nitrogen and oxygen atoms in total. The number of nitrogens with one attached hydrogen (secondary N) is 2. The normalized spacial score (nSPS) is 33.0. The number of hydrogen-bond acceptors (Lipinski definition) is 3. The van der Waals surface area contributed by atoms with Crippen LogP contribution in [0.4, 0.5) is 13.2 Å². The molecular weight excluding hydrogens is 307 g/mol. The Morgan fingerprint density at radius 1 is 1.24 bits per heavy atom. The molecule has 0 amide bonds. The maximum absolute atomic E-state index is 12.5. The van der Waals surface area contributed by atoms with Gasteiger partial charge in [-0.25, -0.2) is 0 Å². The molecule has 2 fully saturated rings. The van der Waals surface area contributed by atoms with E-state index in [4.69, 9.17) is 0 Å². The Labute approximate surface area is 123 Å². The Bertz CT molecular complexity index is 447. The molecule has 21 heavy (non-hydrogen) atoms. The van der Waals surface area contributed by atoms with Crippen LogP contribution in [0.2, 0.25) is 0 Å². The molecule has 2 aliphatic heterocycles. The van der Waals surface area contributed by atoms with Crippen LogP contribution in [0.3, 0.4) is 0 Å². The van der Waals surface area contributed by atoms with E-state index in [9.17, 15) is 21.6 Å². The van der Waals surface area contributed by atoms with Crippen LogP contribution >= 0.6 is 0 Å². The number of alkyl halides is 3. The Morgan fingerprint density at radius 3 is 2.48 bits per heavy atom. The van der Waals surface area contributed by atoms with Gasteiger partial charge in [0.1, 0.15) is 6.04 Å². The average molecular weight is 329 g/mol. The maximum atomic E-state index is 12.5. The topological polar surface area (TPSA) is 61.4 Å². The third-order valence-corrected chi connectivity index (χ3v) is 5.73. The fourth-order valence-corrected chi connectivity index (χ4v) is 4.48. The second-order valence-corrected chi connectivity index (χ2v) is 7.71. The van der Waals surface area contributed by atoms with Gasteiger partial charge in [-0.15, -0.1) is 0 Å². The van der Waals surface area contributed by atoms with E-state index in [-0.39, 0.29) is 19.4 Å². The van der Waals surface area contributed by atoms with Crippen LogP contribution < -0.4 is 10.0 Å². The third-order valence-electron chi connectivity index (χ3n) is 4.08. The highest BCUT2D eigenvalue weighted by Gasteiger charge is 2.42. The second-order valence-electron chi connectivity index (χ2n) is 6.01. The van der Waals surface area contributed by atoms with Crippen molar-refractivity contribution in [2.24, 2.45) is 5.92 Å². The first-order valence-corrected chi connectivity index (χ1v) is 8.70. The van der Waals surface area contributed by atoms with Crippen LogP contribution in [-0.2, 0) is 10.2 Å². The van der Waals surface area contributed by atoms with Crippen molar-refractivity contribution in [3.8, 4) is 0 Å². The van der Waals surface area contributed by atoms with Crippen molar-refractivity contribution in [2.75, 3.05) is 19.6 Å². The van der Waals surface area contributed by atoms with Crippen molar-refractivity contribution in [1.82, 2.24) is 14.3 Å². The number of halogens is 3. The fraction of sp³-hybridized carbons (Fsp3) is 1.00. The van der Waals surface area contributed by atoms with E-state index in [0.717, 1.165) is 12.8 Å². The molecule has 0 saturated carbocycles. The second kappa shape index (κ2) is 6.39. The van der Waals surface area contributed by atoms with Crippen molar-refractivity contribution in [2.45, 2.75) is 50.9 Å². The summed E-state index contributed by atoms with van der Waals surface area (Å²) in [6, 6.07) is -2.01. The van der Waals surface area contributed by atoms with Crippen molar-refractivity contribution >= 4 is 10.2 Å². The summed E-state index contributed by atoms with van der Waals surface area (Å²) < 4.78 is 66.0. The van der Waals surface area contributed by atoms with E-state index < -0.39 is 28.5 Å². The lowest BCUT2D eigenvalue weighted by Gasteiger charge is -2.34. The van der Waals surface area contributed by atoms with Gasteiger partial charge < -0.3 is 5.32 Å². The molecule has 0 aromatic carbocycles. The zero-order valence-electron chi connectivity index (χ0n) is 12.0. The van der Waals surface area contributed by atoms with Crippen LogP contribution in [0.1, 0.15) is 32.6 Å². The lowest BCUT2D eigenvalue weighted by atomic mass is 10.0. The molecule has 0 spiro atoms. The number of rotatable bonds is 3. The van der Waals surface area contributed by atoms with Crippen molar-refractivity contribution in [3.63, 3.8) is 0 Å². The molecule has 2 N–H and O–H groups in total. The summed E-state index contributed by atoms with van der Waals surface area (Å²) in [5.41, 5.74) is 0. The predicted octanol–water partition coefficient (Wildman–Crippen LogP) is 1.24. The number of hydrogen-bond donors (Lipinski definition) is 2. The SMILES string of the molecule is CC1CCCN(S(=O)(=O)NC2CCC(C(F)(F)F)NC2)C1. The summed E-state index contributed by atoms with van der Waals surface area (Å²) in [4.78, 5) is 0. The lowest BCUT2D eigenvalue weighted by molar-refractivity contribution is -0.160. The van der Waals surface area contributed by atoms with E-state index in [1.807, 2.05) is 6.92 Å². The molecule has 0 aromatic heterocycles. The average Bonchev–Trinajstić information content (AvgIpc) is 2.38. The highest BCUT2D eigenvalue weighted by Crippen LogP contribution is 2.26. The highest BCUT2D eigenvalue weighted by atomic mass is 32.2. The van der Waals surface area contributed by atoms with Crippen LogP contribution in [0, 0.1) is 5.92 Å². The quantitative estimate of drug-likeness (QED) is 0.819. The Morgan fingerprint density at radius 2 is 1.95 bits per heavy atom. The van der Waals surface area contributed by atoms with E-state index in [2.05, 4.69) is 10.0 Å². The molecule has 2 saturated heterocycles. The van der Waals surface area contributed by atoms with Gasteiger partial charge in [-0.1, -0.05) is 6.92 Å². The fourth-order valence-electron chi connectivity index (χ4n) is 2.89. The Kier molecular flexibility index (Phi) is 5.17. The zero-order chi connectivity index (χ0) is 15.7. The van der Waals surface area contributed by atoms with Gasteiger partial charge in [-0.3, -0.25) is 0 Å². The first kappa shape index (κ1) is 17.0. The summed E-state index contributed by atoms with van der Waals surface area (Å²) in [5, 5.41) is 2.37. The summed E-state index contributed by atoms with van der Waals surface area (Å²) in [6.07, 6.45) is -2.36. The first-order valence-electron chi connectivity index (χ1n) is 7.26. The molecule has 2 aliphatic rings. The Hall–Kier alpha value is -0.380. The highest BCUT2D eigenvalue weighted by molar-refractivity contribution is 7.87. The summed E-state index contributed by atoms with van der Waals surface area (Å²) in [5.74, 6) is 0.314. The molecule has 0 aliphatic carbocycles. The van der Waals surface area contributed by atoms with E-state index in [0.29, 0.717) is 19.0 Å². The van der Waals surface area contributed by atoms with Gasteiger partial charge in [0.2, 0.25) is 0 Å². The molecule has 0 aromatic rings. The van der Waals surface area contributed by atoms with Crippen LogP contribution in [-0.4, -0.2) is 50.6 Å². The zero-order valence-corrected chi connectivity index (χ0v) is 12.8. The van der Waals surface area contributed by atoms with Gasteiger partial charge in [0.25, 0.3) is 10.2 Å². The smallest absolute Gasteiger partial charge is 0.305 e. The van der Waals surface area contributed by atoms with E-state index >= 15 is 0 Å². The van der Waals surface area contributed by atoms with Crippen LogP contribution in [0.25, 0.3) is 0 Å². The Balaban J connectivity index is 1.87. The summed E-state index contributed by atoms with van der Waals surface area (Å²) >= 11 is 0. The van der Waals surface area contributed by atoms with Gasteiger partial charge in [0, 0.05) is 25.7 Å². The monoisotopic (exact) mass is 329 g/mol. The molecular formula is C12H22F3N3O2S. The van der Waals surface area contributed by atoms with Gasteiger partial charge in [0.15, 0.2) is 0 Å². The van der Waals surface area contributed by atoms with Crippen LogP contribution in [0.15, 0.2) is 0 Å². The maximum Gasteiger partial charge on any atom is 0.403 e. The van der Waals surface area contributed by atoms with Crippen molar-refractivity contribution < 1.29 is 21.6 Å². The van der Waals surface area contributed by atoms with Gasteiger partial charge in [0.05, 0.1) is 0 Å². The molecule has 2 heterocycles. The minimum absolute atomic E-state index is 0.00675.